The first-order valence-electron chi connectivity index (χ1n) is 1.48. The number of rotatable bonds is 1. The maximum absolute atomic E-state index is 3.42. The van der Waals surface area contributed by atoms with Gasteiger partial charge in [0.15, 0.2) is 0 Å². The van der Waals surface area contributed by atoms with Crippen molar-refractivity contribution >= 4 is 0 Å². The molecule has 0 bridgehead atoms. The molecule has 0 atom stereocenters. The van der Waals surface area contributed by atoms with E-state index in [1.807, 2.05) is 0 Å². The van der Waals surface area contributed by atoms with Gasteiger partial charge in [0.05, 0.1) is 0 Å². The van der Waals surface area contributed by atoms with E-state index in [2.05, 4.69) is 13.5 Å². The molecule has 0 radical (unpaired) electrons. The fourth-order valence-corrected chi connectivity index (χ4v) is 0.0962. The van der Waals surface area contributed by atoms with Gasteiger partial charge in [0.1, 0.15) is 0 Å². The molecular formula is C5H7Li. The topological polar surface area (TPSA) is 0 Å². The molecule has 0 saturated carbocycles. The fourth-order valence-electron chi connectivity index (χ4n) is 0.0962. The molecule has 0 fully saturated rings. The molecule has 0 aliphatic heterocycles. The molecule has 1 heteroatoms. The Hall–Kier alpha value is -0.0526. The van der Waals surface area contributed by atoms with E-state index >= 15 is 0 Å². The zero-order valence-corrected chi connectivity index (χ0v) is 4.15. The molecule has 6 heavy (non-hydrogen) atoms. The van der Waals surface area contributed by atoms with Gasteiger partial charge in [-0.15, -0.1) is 6.58 Å². The summed E-state index contributed by atoms with van der Waals surface area (Å²) >= 11 is 0. The fraction of sp³-hybridized carbons (Fsp3) is 0. The zero-order chi connectivity index (χ0) is 4.12. The molecule has 0 aliphatic rings. The Balaban J connectivity index is 0. The van der Waals surface area contributed by atoms with Crippen LogP contribution in [0.3, 0.4) is 0 Å². The van der Waals surface area contributed by atoms with Gasteiger partial charge in [-0.1, -0.05) is 0 Å². The summed E-state index contributed by atoms with van der Waals surface area (Å²) in [5.41, 5.74) is 0. The van der Waals surface area contributed by atoms with Crippen molar-refractivity contribution in [1.82, 2.24) is 0 Å². The quantitative estimate of drug-likeness (QED) is 0.203. The van der Waals surface area contributed by atoms with Crippen molar-refractivity contribution in [3.05, 3.63) is 31.7 Å². The Morgan fingerprint density at radius 1 is 1.50 bits per heavy atom. The summed E-state index contributed by atoms with van der Waals surface area (Å²) in [6.45, 7) is 6.85. The summed E-state index contributed by atoms with van der Waals surface area (Å²) in [7, 11) is 0. The van der Waals surface area contributed by atoms with E-state index in [1.54, 1.807) is 18.2 Å². The number of allylic oxidation sites excluding steroid dienone is 3. The first-order chi connectivity index (χ1) is 2.41. The molecule has 0 N–H and O–H groups in total. The van der Waals surface area contributed by atoms with Gasteiger partial charge in [0.25, 0.3) is 0 Å². The van der Waals surface area contributed by atoms with E-state index in [9.17, 15) is 0 Å². The Bertz CT molecular complexity index is 45.9. The molecule has 0 spiro atoms. The van der Waals surface area contributed by atoms with Gasteiger partial charge in [-0.25, -0.2) is 19.1 Å². The van der Waals surface area contributed by atoms with Crippen molar-refractivity contribution in [2.45, 2.75) is 0 Å². The van der Waals surface area contributed by atoms with Crippen LogP contribution in [0.5, 0.6) is 0 Å². The van der Waals surface area contributed by atoms with E-state index in [0.717, 1.165) is 0 Å². The first-order valence-corrected chi connectivity index (χ1v) is 1.48. The SMILES string of the molecule is C=C/C=C/[CH2-].[Li+]. The first kappa shape index (κ1) is 9.34. The maximum Gasteiger partial charge on any atom is 1.00 e. The van der Waals surface area contributed by atoms with Gasteiger partial charge < -0.3 is 0 Å². The van der Waals surface area contributed by atoms with Crippen LogP contribution in [-0.4, -0.2) is 0 Å². The molecule has 0 unspecified atom stereocenters. The third kappa shape index (κ3) is 9.04. The molecule has 0 nitrogen and oxygen atoms in total. The molecule has 0 saturated heterocycles. The monoisotopic (exact) mass is 74.1 g/mol. The van der Waals surface area contributed by atoms with Crippen LogP contribution in [0.2, 0.25) is 0 Å². The van der Waals surface area contributed by atoms with Gasteiger partial charge in [-0.3, -0.25) is 0 Å². The Morgan fingerprint density at radius 2 is 2.00 bits per heavy atom. The minimum absolute atomic E-state index is 0. The summed E-state index contributed by atoms with van der Waals surface area (Å²) < 4.78 is 0. The van der Waals surface area contributed by atoms with Gasteiger partial charge in [-0.05, 0) is 0 Å². The van der Waals surface area contributed by atoms with Crippen LogP contribution >= 0.6 is 0 Å². The third-order valence-corrected chi connectivity index (χ3v) is 0.272. The molecule has 0 heterocycles. The van der Waals surface area contributed by atoms with Crippen LogP contribution in [0.15, 0.2) is 24.8 Å². The van der Waals surface area contributed by atoms with Crippen molar-refractivity contribution in [2.24, 2.45) is 0 Å². The smallest absolute Gasteiger partial charge is 0.245 e. The van der Waals surface area contributed by atoms with Gasteiger partial charge in [0, 0.05) is 0 Å². The standard InChI is InChI=1S/C5H7.Li/c1-3-5-4-2;/h3-5H,1-2H2;/q-1;+1/b5-3+;. The van der Waals surface area contributed by atoms with E-state index in [1.165, 1.54) is 0 Å². The van der Waals surface area contributed by atoms with Gasteiger partial charge in [-0.2, -0.15) is 6.08 Å². The van der Waals surface area contributed by atoms with Gasteiger partial charge >= 0.3 is 18.9 Å². The molecule has 0 aromatic rings. The van der Waals surface area contributed by atoms with Crippen molar-refractivity contribution in [3.63, 3.8) is 0 Å². The number of hydrogen-bond acceptors (Lipinski definition) is 0. The van der Waals surface area contributed by atoms with E-state index in [0.29, 0.717) is 0 Å². The second-order valence-corrected chi connectivity index (χ2v) is 0.664. The molecule has 28 valence electrons. The Kier molecular flexibility index (Phi) is 13.8. The second-order valence-electron chi connectivity index (χ2n) is 0.664. The molecular weight excluding hydrogens is 67.0 g/mol. The largest absolute Gasteiger partial charge is 1.00 e. The Morgan fingerprint density at radius 3 is 2.00 bits per heavy atom. The zero-order valence-electron chi connectivity index (χ0n) is 4.15. The Labute approximate surface area is 51.1 Å². The molecule has 0 aromatic carbocycles. The molecule has 0 aromatic heterocycles. The van der Waals surface area contributed by atoms with Gasteiger partial charge in [0.2, 0.25) is 0 Å². The van der Waals surface area contributed by atoms with Crippen molar-refractivity contribution in [1.29, 1.82) is 0 Å². The van der Waals surface area contributed by atoms with Crippen molar-refractivity contribution < 1.29 is 18.9 Å². The van der Waals surface area contributed by atoms with Crippen LogP contribution < -0.4 is 18.9 Å². The van der Waals surface area contributed by atoms with Crippen molar-refractivity contribution in [3.8, 4) is 0 Å². The van der Waals surface area contributed by atoms with Crippen LogP contribution in [0.1, 0.15) is 0 Å². The predicted molar refractivity (Wildman–Crippen MR) is 24.7 cm³/mol. The normalized spacial score (nSPS) is 7.33. The predicted octanol–water partition coefficient (Wildman–Crippen LogP) is -1.43. The third-order valence-electron chi connectivity index (χ3n) is 0.272. The summed E-state index contributed by atoms with van der Waals surface area (Å²) in [5, 5.41) is 0. The second kappa shape index (κ2) is 8.87. The molecule has 0 amide bonds. The van der Waals surface area contributed by atoms with Crippen LogP contribution in [0.4, 0.5) is 0 Å². The number of hydrogen-bond donors (Lipinski definition) is 0. The minimum atomic E-state index is 0. The van der Waals surface area contributed by atoms with E-state index < -0.39 is 0 Å². The van der Waals surface area contributed by atoms with Crippen LogP contribution in [0.25, 0.3) is 0 Å². The molecule has 0 rings (SSSR count). The molecule has 0 aliphatic carbocycles. The summed E-state index contributed by atoms with van der Waals surface area (Å²) in [5.74, 6) is 0. The minimum Gasteiger partial charge on any atom is -0.245 e. The maximum atomic E-state index is 3.42. The van der Waals surface area contributed by atoms with Crippen LogP contribution in [0, 0.1) is 6.92 Å². The van der Waals surface area contributed by atoms with E-state index in [-0.39, 0.29) is 18.9 Å². The van der Waals surface area contributed by atoms with E-state index in [4.69, 9.17) is 0 Å². The summed E-state index contributed by atoms with van der Waals surface area (Å²) in [6.07, 6.45) is 5.15. The average molecular weight is 74.1 g/mol. The summed E-state index contributed by atoms with van der Waals surface area (Å²) in [4.78, 5) is 0. The summed E-state index contributed by atoms with van der Waals surface area (Å²) in [6, 6.07) is 0. The average Bonchev–Trinajstić information content (AvgIpc) is 1.41. The van der Waals surface area contributed by atoms with Crippen molar-refractivity contribution in [2.75, 3.05) is 0 Å². The van der Waals surface area contributed by atoms with Crippen LogP contribution in [-0.2, 0) is 0 Å².